The molecule has 0 saturated heterocycles. The molecule has 0 atom stereocenters. The Morgan fingerprint density at radius 3 is 2.42 bits per heavy atom. The smallest absolute Gasteiger partial charge is 0.269 e. The van der Waals surface area contributed by atoms with Crippen molar-refractivity contribution in [2.75, 3.05) is 0 Å². The second-order valence-corrected chi connectivity index (χ2v) is 8.12. The van der Waals surface area contributed by atoms with Crippen molar-refractivity contribution in [1.82, 2.24) is 4.57 Å². The van der Waals surface area contributed by atoms with Gasteiger partial charge in [0.25, 0.3) is 5.69 Å². The number of nitro benzene ring substituents is 1. The number of fused-ring (bicyclic) bond motifs is 1. The van der Waals surface area contributed by atoms with Crippen LogP contribution in [0.2, 0.25) is 0 Å². The van der Waals surface area contributed by atoms with Crippen molar-refractivity contribution in [3.8, 4) is 6.07 Å². The summed E-state index contributed by atoms with van der Waals surface area (Å²) < 4.78 is 3.28. The van der Waals surface area contributed by atoms with Gasteiger partial charge in [-0.3, -0.25) is 10.1 Å². The van der Waals surface area contributed by atoms with Gasteiger partial charge in [-0.05, 0) is 54.5 Å². The van der Waals surface area contributed by atoms with Crippen molar-refractivity contribution in [2.45, 2.75) is 13.5 Å². The van der Waals surface area contributed by atoms with Gasteiger partial charge >= 0.3 is 0 Å². The molecule has 1 aromatic heterocycles. The third-order valence-corrected chi connectivity index (χ3v) is 5.86. The molecule has 1 heterocycles. The molecular formula is C25H18BrN3O2. The van der Waals surface area contributed by atoms with Crippen LogP contribution in [0.5, 0.6) is 0 Å². The van der Waals surface area contributed by atoms with Crippen LogP contribution < -0.4 is 0 Å². The highest BCUT2D eigenvalue weighted by Crippen LogP contribution is 2.31. The summed E-state index contributed by atoms with van der Waals surface area (Å²) in [5, 5.41) is 21.8. The molecule has 4 rings (SSSR count). The molecule has 31 heavy (non-hydrogen) atoms. The van der Waals surface area contributed by atoms with Crippen LogP contribution in [0.25, 0.3) is 22.6 Å². The van der Waals surface area contributed by atoms with E-state index in [1.165, 1.54) is 17.7 Å². The van der Waals surface area contributed by atoms with Gasteiger partial charge in [-0.2, -0.15) is 5.26 Å². The van der Waals surface area contributed by atoms with Crippen LogP contribution >= 0.6 is 15.9 Å². The zero-order chi connectivity index (χ0) is 22.0. The average Bonchev–Trinajstić information content (AvgIpc) is 3.04. The summed E-state index contributed by atoms with van der Waals surface area (Å²) in [6, 6.07) is 24.7. The van der Waals surface area contributed by atoms with E-state index in [0.29, 0.717) is 17.7 Å². The first-order valence-corrected chi connectivity index (χ1v) is 10.5. The third kappa shape index (κ3) is 4.14. The number of aromatic nitrogens is 1. The van der Waals surface area contributed by atoms with E-state index in [4.69, 9.17) is 0 Å². The molecule has 0 aliphatic heterocycles. The van der Waals surface area contributed by atoms with Gasteiger partial charge in [0.2, 0.25) is 0 Å². The summed E-state index contributed by atoms with van der Waals surface area (Å²) in [6.07, 6.45) is 1.87. The van der Waals surface area contributed by atoms with Crippen molar-refractivity contribution in [3.63, 3.8) is 0 Å². The van der Waals surface area contributed by atoms with Crippen molar-refractivity contribution in [1.29, 1.82) is 5.26 Å². The van der Waals surface area contributed by atoms with Crippen LogP contribution in [-0.2, 0) is 6.54 Å². The van der Waals surface area contributed by atoms with E-state index in [1.807, 2.05) is 30.3 Å². The number of non-ortho nitro benzene ring substituents is 1. The number of hydrogen-bond acceptors (Lipinski definition) is 3. The predicted molar refractivity (Wildman–Crippen MR) is 126 cm³/mol. The van der Waals surface area contributed by atoms with E-state index in [1.54, 1.807) is 12.1 Å². The second-order valence-electron chi connectivity index (χ2n) is 7.20. The Hall–Kier alpha value is -3.69. The molecule has 152 valence electrons. The molecule has 0 aliphatic carbocycles. The molecule has 3 aromatic carbocycles. The zero-order valence-electron chi connectivity index (χ0n) is 16.7. The predicted octanol–water partition coefficient (Wildman–Crippen LogP) is 6.73. The lowest BCUT2D eigenvalue weighted by Crippen LogP contribution is -2.01. The summed E-state index contributed by atoms with van der Waals surface area (Å²) in [7, 11) is 0. The van der Waals surface area contributed by atoms with Crippen molar-refractivity contribution in [2.24, 2.45) is 0 Å². The highest BCUT2D eigenvalue weighted by molar-refractivity contribution is 9.10. The summed E-state index contributed by atoms with van der Waals surface area (Å²) in [5.74, 6) is 0. The highest BCUT2D eigenvalue weighted by Gasteiger charge is 2.14. The lowest BCUT2D eigenvalue weighted by Gasteiger charge is -2.09. The van der Waals surface area contributed by atoms with E-state index in [2.05, 4.69) is 57.8 Å². The van der Waals surface area contributed by atoms with E-state index in [9.17, 15) is 15.4 Å². The average molecular weight is 472 g/mol. The monoisotopic (exact) mass is 471 g/mol. The van der Waals surface area contributed by atoms with Gasteiger partial charge in [-0.25, -0.2) is 0 Å². The Kier molecular flexibility index (Phi) is 5.70. The summed E-state index contributed by atoms with van der Waals surface area (Å²) in [4.78, 5) is 10.5. The first-order valence-electron chi connectivity index (χ1n) is 9.67. The first kappa shape index (κ1) is 20.6. The summed E-state index contributed by atoms with van der Waals surface area (Å²) in [6.45, 7) is 2.77. The number of nitro groups is 1. The Bertz CT molecular complexity index is 1340. The van der Waals surface area contributed by atoms with Crippen LogP contribution in [0.4, 0.5) is 5.69 Å². The van der Waals surface area contributed by atoms with Gasteiger partial charge in [0, 0.05) is 45.3 Å². The SMILES string of the molecule is Cc1c(/C=C(/C#N)c2ccc([N+](=O)[O-])cc2)c2ccccc2n1Cc1ccc(Br)cc1. The van der Waals surface area contributed by atoms with Crippen LogP contribution in [0.15, 0.2) is 77.3 Å². The van der Waals surface area contributed by atoms with Crippen molar-refractivity contribution < 1.29 is 4.92 Å². The van der Waals surface area contributed by atoms with Crippen LogP contribution in [0, 0.1) is 28.4 Å². The lowest BCUT2D eigenvalue weighted by atomic mass is 10.0. The minimum absolute atomic E-state index is 0.00307. The number of hydrogen-bond donors (Lipinski definition) is 0. The van der Waals surface area contributed by atoms with Gasteiger partial charge < -0.3 is 4.57 Å². The second kappa shape index (κ2) is 8.58. The number of halogens is 1. The minimum Gasteiger partial charge on any atom is -0.340 e. The van der Waals surface area contributed by atoms with E-state index in [0.717, 1.165) is 26.6 Å². The topological polar surface area (TPSA) is 71.9 Å². The molecule has 0 bridgehead atoms. The van der Waals surface area contributed by atoms with Gasteiger partial charge in [0.15, 0.2) is 0 Å². The Morgan fingerprint density at radius 1 is 1.10 bits per heavy atom. The molecule has 0 N–H and O–H groups in total. The molecule has 6 heteroatoms. The highest BCUT2D eigenvalue weighted by atomic mass is 79.9. The standard InChI is InChI=1S/C25H18BrN3O2/c1-17-24(14-20(15-27)19-8-12-22(13-9-19)29(30)31)23-4-2-3-5-25(23)28(17)16-18-6-10-21(26)11-7-18/h2-14H,16H2,1H3/b20-14-. The molecular weight excluding hydrogens is 454 g/mol. The zero-order valence-corrected chi connectivity index (χ0v) is 18.3. The molecule has 5 nitrogen and oxygen atoms in total. The Balaban J connectivity index is 1.81. The van der Waals surface area contributed by atoms with E-state index < -0.39 is 4.92 Å². The number of benzene rings is 3. The number of rotatable bonds is 5. The lowest BCUT2D eigenvalue weighted by molar-refractivity contribution is -0.384. The van der Waals surface area contributed by atoms with Crippen LogP contribution in [-0.4, -0.2) is 9.49 Å². The summed E-state index contributed by atoms with van der Waals surface area (Å²) in [5.41, 5.74) is 5.42. The fourth-order valence-electron chi connectivity index (χ4n) is 3.70. The quantitative estimate of drug-likeness (QED) is 0.184. The largest absolute Gasteiger partial charge is 0.340 e. The number of para-hydroxylation sites is 1. The third-order valence-electron chi connectivity index (χ3n) is 5.33. The molecule has 0 fully saturated rings. The number of nitrogens with zero attached hydrogens (tertiary/aromatic N) is 3. The van der Waals surface area contributed by atoms with Crippen LogP contribution in [0.3, 0.4) is 0 Å². The van der Waals surface area contributed by atoms with Crippen LogP contribution in [0.1, 0.15) is 22.4 Å². The maximum absolute atomic E-state index is 10.9. The first-order chi connectivity index (χ1) is 15.0. The fourth-order valence-corrected chi connectivity index (χ4v) is 3.97. The van der Waals surface area contributed by atoms with Crippen molar-refractivity contribution >= 4 is 44.2 Å². The molecule has 0 amide bonds. The minimum atomic E-state index is -0.445. The van der Waals surface area contributed by atoms with Gasteiger partial charge in [-0.1, -0.05) is 46.3 Å². The molecule has 0 radical (unpaired) electrons. The molecule has 4 aromatic rings. The van der Waals surface area contributed by atoms with Gasteiger partial charge in [0.05, 0.1) is 16.6 Å². The van der Waals surface area contributed by atoms with E-state index >= 15 is 0 Å². The molecule has 0 spiro atoms. The van der Waals surface area contributed by atoms with Gasteiger partial charge in [0.1, 0.15) is 0 Å². The number of nitriles is 1. The van der Waals surface area contributed by atoms with E-state index in [-0.39, 0.29) is 5.69 Å². The number of allylic oxidation sites excluding steroid dienone is 1. The molecule has 0 unspecified atom stereocenters. The van der Waals surface area contributed by atoms with Crippen molar-refractivity contribution in [3.05, 3.63) is 110 Å². The maximum Gasteiger partial charge on any atom is 0.269 e. The normalized spacial score (nSPS) is 11.5. The Morgan fingerprint density at radius 2 is 1.77 bits per heavy atom. The summed E-state index contributed by atoms with van der Waals surface area (Å²) >= 11 is 3.48. The Labute approximate surface area is 188 Å². The van der Waals surface area contributed by atoms with Gasteiger partial charge in [-0.15, -0.1) is 0 Å². The maximum atomic E-state index is 10.9. The fraction of sp³-hybridized carbons (Fsp3) is 0.0800. The molecule has 0 saturated carbocycles. The molecule has 0 aliphatic rings.